The topological polar surface area (TPSA) is 20.3 Å². The fourth-order valence-corrected chi connectivity index (χ4v) is 4.00. The Bertz CT molecular complexity index is 669. The van der Waals surface area contributed by atoms with E-state index in [0.29, 0.717) is 0 Å². The number of carbonyl (C=O) groups is 1. The summed E-state index contributed by atoms with van der Waals surface area (Å²) in [5, 5.41) is 2.01. The van der Waals surface area contributed by atoms with E-state index in [1.54, 1.807) is 17.4 Å². The minimum atomic E-state index is 0.0507. The van der Waals surface area contributed by atoms with E-state index in [4.69, 9.17) is 0 Å². The first-order valence-electron chi connectivity index (χ1n) is 7.54. The Morgan fingerprint density at radius 2 is 1.86 bits per heavy atom. The summed E-state index contributed by atoms with van der Waals surface area (Å²) in [5.41, 5.74) is 1.97. The fraction of sp³-hybridized carbons (Fsp3) is 0.278. The number of halogens is 1. The molecule has 0 bridgehead atoms. The molecule has 2 nitrogen and oxygen atoms in total. The van der Waals surface area contributed by atoms with Crippen molar-refractivity contribution in [1.82, 2.24) is 0 Å². The first kappa shape index (κ1) is 15.5. The third-order valence-electron chi connectivity index (χ3n) is 3.86. The van der Waals surface area contributed by atoms with Crippen molar-refractivity contribution in [2.24, 2.45) is 0 Å². The quantitative estimate of drug-likeness (QED) is 0.526. The van der Waals surface area contributed by atoms with Gasteiger partial charge in [-0.2, -0.15) is 0 Å². The Morgan fingerprint density at radius 1 is 1.14 bits per heavy atom. The van der Waals surface area contributed by atoms with Crippen molar-refractivity contribution in [3.8, 4) is 0 Å². The van der Waals surface area contributed by atoms with Crippen molar-refractivity contribution in [1.29, 1.82) is 0 Å². The van der Waals surface area contributed by atoms with Gasteiger partial charge in [0.2, 0.25) is 0 Å². The van der Waals surface area contributed by atoms with Crippen LogP contribution in [-0.2, 0) is 0 Å². The zero-order valence-corrected chi connectivity index (χ0v) is 14.7. The lowest BCUT2D eigenvalue weighted by molar-refractivity contribution is 0.104. The summed E-state index contributed by atoms with van der Waals surface area (Å²) in [5.74, 6) is 0.0507. The Hall–Kier alpha value is -1.39. The molecule has 1 aromatic carbocycles. The van der Waals surface area contributed by atoms with Gasteiger partial charge in [-0.3, -0.25) is 4.79 Å². The van der Waals surface area contributed by atoms with E-state index < -0.39 is 0 Å². The van der Waals surface area contributed by atoms with Crippen LogP contribution < -0.4 is 4.90 Å². The van der Waals surface area contributed by atoms with Crippen molar-refractivity contribution < 1.29 is 4.79 Å². The van der Waals surface area contributed by atoms with E-state index in [0.717, 1.165) is 28.0 Å². The predicted octanol–water partition coefficient (Wildman–Crippen LogP) is 5.40. The van der Waals surface area contributed by atoms with Crippen molar-refractivity contribution in [2.75, 3.05) is 18.0 Å². The average Bonchev–Trinajstić information content (AvgIpc) is 2.99. The van der Waals surface area contributed by atoms with Gasteiger partial charge >= 0.3 is 0 Å². The van der Waals surface area contributed by atoms with E-state index in [1.165, 1.54) is 24.9 Å². The summed E-state index contributed by atoms with van der Waals surface area (Å²) in [6.45, 7) is 2.25. The van der Waals surface area contributed by atoms with Gasteiger partial charge in [0, 0.05) is 39.1 Å². The highest BCUT2D eigenvalue weighted by molar-refractivity contribution is 9.10. The molecular formula is C18H18BrNOS. The lowest BCUT2D eigenvalue weighted by atomic mass is 10.1. The monoisotopic (exact) mass is 375 g/mol. The number of hydrogen-bond donors (Lipinski definition) is 0. The molecule has 22 heavy (non-hydrogen) atoms. The van der Waals surface area contributed by atoms with Crippen LogP contribution in [0.4, 0.5) is 5.69 Å². The number of allylic oxidation sites excluding steroid dienone is 1. The van der Waals surface area contributed by atoms with Crippen LogP contribution in [-0.4, -0.2) is 18.9 Å². The maximum Gasteiger partial charge on any atom is 0.185 e. The largest absolute Gasteiger partial charge is 0.372 e. The molecule has 1 aromatic heterocycles. The van der Waals surface area contributed by atoms with Crippen LogP contribution in [0.15, 0.2) is 46.3 Å². The second-order valence-corrected chi connectivity index (χ2v) is 7.32. The fourth-order valence-electron chi connectivity index (χ4n) is 2.66. The summed E-state index contributed by atoms with van der Waals surface area (Å²) in [6, 6.07) is 10.00. The number of carbonyl (C=O) groups excluding carboxylic acids is 1. The molecule has 1 aliphatic rings. The highest BCUT2D eigenvalue weighted by Crippen LogP contribution is 2.22. The second kappa shape index (κ2) is 7.25. The van der Waals surface area contributed by atoms with E-state index >= 15 is 0 Å². The van der Waals surface area contributed by atoms with Crippen molar-refractivity contribution in [2.45, 2.75) is 19.3 Å². The van der Waals surface area contributed by atoms with Crippen LogP contribution in [0.2, 0.25) is 0 Å². The predicted molar refractivity (Wildman–Crippen MR) is 97.9 cm³/mol. The summed E-state index contributed by atoms with van der Waals surface area (Å²) in [6.07, 6.45) is 7.38. The van der Waals surface area contributed by atoms with E-state index in [1.807, 2.05) is 29.7 Å². The molecule has 2 heterocycles. The number of ketones is 1. The number of rotatable bonds is 4. The Kier molecular flexibility index (Phi) is 5.11. The van der Waals surface area contributed by atoms with Gasteiger partial charge in [-0.15, -0.1) is 11.3 Å². The molecule has 1 saturated heterocycles. The summed E-state index contributed by atoms with van der Waals surface area (Å²) in [4.78, 5) is 15.7. The molecule has 114 valence electrons. The normalized spacial score (nSPS) is 15.4. The van der Waals surface area contributed by atoms with E-state index in [2.05, 4.69) is 33.0 Å². The van der Waals surface area contributed by atoms with Crippen LogP contribution in [0, 0.1) is 0 Å². The third-order valence-corrected chi connectivity index (χ3v) is 5.52. The first-order chi connectivity index (χ1) is 10.7. The number of anilines is 1. The summed E-state index contributed by atoms with van der Waals surface area (Å²) in [7, 11) is 0. The number of benzene rings is 1. The minimum absolute atomic E-state index is 0.0507. The van der Waals surface area contributed by atoms with Gasteiger partial charge in [0.1, 0.15) is 0 Å². The van der Waals surface area contributed by atoms with Gasteiger partial charge in [-0.05, 0) is 77.7 Å². The van der Waals surface area contributed by atoms with Gasteiger partial charge in [0.15, 0.2) is 5.78 Å². The van der Waals surface area contributed by atoms with Gasteiger partial charge in [0.25, 0.3) is 0 Å². The highest BCUT2D eigenvalue weighted by atomic mass is 79.9. The average molecular weight is 376 g/mol. The molecule has 0 radical (unpaired) electrons. The summed E-state index contributed by atoms with van der Waals surface area (Å²) < 4.78 is 1.05. The molecule has 3 rings (SSSR count). The van der Waals surface area contributed by atoms with Crippen LogP contribution in [0.3, 0.4) is 0 Å². The molecule has 4 heteroatoms. The lowest BCUT2D eigenvalue weighted by Crippen LogP contribution is -2.29. The maximum atomic E-state index is 12.2. The van der Waals surface area contributed by atoms with E-state index in [9.17, 15) is 4.79 Å². The molecule has 0 spiro atoms. The molecule has 0 atom stereocenters. The molecule has 2 aromatic rings. The third kappa shape index (κ3) is 3.87. The molecule has 0 amide bonds. The number of piperidine rings is 1. The van der Waals surface area contributed by atoms with Gasteiger partial charge in [-0.25, -0.2) is 0 Å². The number of hydrogen-bond acceptors (Lipinski definition) is 3. The number of thiophene rings is 1. The molecule has 0 N–H and O–H groups in total. The van der Waals surface area contributed by atoms with Crippen molar-refractivity contribution in [3.05, 3.63) is 56.7 Å². The molecule has 0 saturated carbocycles. The van der Waals surface area contributed by atoms with Crippen LogP contribution in [0.5, 0.6) is 0 Å². The second-order valence-electron chi connectivity index (χ2n) is 5.46. The Morgan fingerprint density at radius 3 is 2.50 bits per heavy atom. The minimum Gasteiger partial charge on any atom is -0.372 e. The molecule has 1 fully saturated rings. The standard InChI is InChI=1S/C18H18BrNOS/c19-15-12-17(22-13-15)8-9-18(21)14-4-6-16(7-5-14)20-10-2-1-3-11-20/h4-9,12-13H,1-3,10-11H2/b9-8+. The zero-order chi connectivity index (χ0) is 15.4. The molecule has 1 aliphatic heterocycles. The Balaban J connectivity index is 1.66. The Labute approximate surface area is 143 Å². The number of nitrogens with zero attached hydrogens (tertiary/aromatic N) is 1. The molecule has 0 aliphatic carbocycles. The smallest absolute Gasteiger partial charge is 0.185 e. The SMILES string of the molecule is O=C(/C=C/c1cc(Br)cs1)c1ccc(N2CCCCC2)cc1. The molecular weight excluding hydrogens is 358 g/mol. The van der Waals surface area contributed by atoms with Gasteiger partial charge in [-0.1, -0.05) is 0 Å². The zero-order valence-electron chi connectivity index (χ0n) is 12.3. The van der Waals surface area contributed by atoms with Gasteiger partial charge < -0.3 is 4.90 Å². The first-order valence-corrected chi connectivity index (χ1v) is 9.21. The summed E-state index contributed by atoms with van der Waals surface area (Å²) >= 11 is 5.03. The van der Waals surface area contributed by atoms with Crippen LogP contribution >= 0.6 is 27.3 Å². The van der Waals surface area contributed by atoms with Crippen LogP contribution in [0.25, 0.3) is 6.08 Å². The molecule has 0 unspecified atom stereocenters. The highest BCUT2D eigenvalue weighted by Gasteiger charge is 2.11. The van der Waals surface area contributed by atoms with Crippen molar-refractivity contribution in [3.63, 3.8) is 0 Å². The van der Waals surface area contributed by atoms with Gasteiger partial charge in [0.05, 0.1) is 0 Å². The van der Waals surface area contributed by atoms with Crippen molar-refractivity contribution >= 4 is 44.8 Å². The maximum absolute atomic E-state index is 12.2. The van der Waals surface area contributed by atoms with Crippen LogP contribution in [0.1, 0.15) is 34.5 Å². The lowest BCUT2D eigenvalue weighted by Gasteiger charge is -2.28. The van der Waals surface area contributed by atoms with E-state index in [-0.39, 0.29) is 5.78 Å².